The Morgan fingerprint density at radius 2 is 1.79 bits per heavy atom. The Hall–Kier alpha value is -2.83. The molecule has 2 rings (SSSR count). The maximum absolute atomic E-state index is 13.1. The zero-order valence-corrected chi connectivity index (χ0v) is 17.3. The molecule has 0 aliphatic heterocycles. The first-order chi connectivity index (χ1) is 14.0. The van der Waals surface area contributed by atoms with E-state index in [0.29, 0.717) is 12.8 Å². The minimum absolute atomic E-state index is 0.130. The van der Waals surface area contributed by atoms with Crippen LogP contribution in [0.1, 0.15) is 57.6 Å². The summed E-state index contributed by atoms with van der Waals surface area (Å²) in [6.45, 7) is 3.93. The quantitative estimate of drug-likeness (QED) is 0.375. The van der Waals surface area contributed by atoms with E-state index < -0.39 is 23.3 Å². The van der Waals surface area contributed by atoms with E-state index in [1.165, 1.54) is 13.2 Å². The average molecular weight is 402 g/mol. The third-order valence-electron chi connectivity index (χ3n) is 5.20. The van der Waals surface area contributed by atoms with Gasteiger partial charge in [0.05, 0.1) is 25.8 Å². The first-order valence-electron chi connectivity index (χ1n) is 10.1. The third kappa shape index (κ3) is 5.59. The van der Waals surface area contributed by atoms with E-state index in [4.69, 9.17) is 9.47 Å². The Kier molecular flexibility index (Phi) is 8.24. The molecule has 2 N–H and O–H groups in total. The molecule has 0 saturated heterocycles. The van der Waals surface area contributed by atoms with Crippen LogP contribution in [0.4, 0.5) is 0 Å². The van der Waals surface area contributed by atoms with Gasteiger partial charge in [-0.05, 0) is 31.7 Å². The van der Waals surface area contributed by atoms with Crippen molar-refractivity contribution in [3.8, 4) is 0 Å². The van der Waals surface area contributed by atoms with Crippen molar-refractivity contribution < 1.29 is 23.9 Å². The van der Waals surface area contributed by atoms with Gasteiger partial charge >= 0.3 is 11.9 Å². The van der Waals surface area contributed by atoms with Gasteiger partial charge < -0.3 is 20.1 Å². The van der Waals surface area contributed by atoms with Crippen LogP contribution in [0, 0.1) is 5.41 Å². The van der Waals surface area contributed by atoms with Gasteiger partial charge in [0.2, 0.25) is 5.91 Å². The van der Waals surface area contributed by atoms with Gasteiger partial charge in [0, 0.05) is 0 Å². The van der Waals surface area contributed by atoms with Crippen LogP contribution in [0.2, 0.25) is 0 Å². The van der Waals surface area contributed by atoms with Crippen molar-refractivity contribution in [3.05, 3.63) is 47.8 Å². The summed E-state index contributed by atoms with van der Waals surface area (Å²) in [6.07, 6.45) is 4.33. The second kappa shape index (κ2) is 10.6. The molecule has 1 aliphatic carbocycles. The normalized spacial score (nSPS) is 16.6. The molecule has 0 heterocycles. The van der Waals surface area contributed by atoms with Crippen molar-refractivity contribution in [1.29, 1.82) is 0 Å². The molecular formula is C22H30N2O5. The summed E-state index contributed by atoms with van der Waals surface area (Å²) in [7, 11) is 1.28. The lowest BCUT2D eigenvalue weighted by Gasteiger charge is -2.27. The summed E-state index contributed by atoms with van der Waals surface area (Å²) >= 11 is 0. The van der Waals surface area contributed by atoms with Crippen molar-refractivity contribution in [3.63, 3.8) is 0 Å². The highest BCUT2D eigenvalue weighted by Gasteiger charge is 2.49. The predicted molar refractivity (Wildman–Crippen MR) is 108 cm³/mol. The Morgan fingerprint density at radius 3 is 2.34 bits per heavy atom. The number of rotatable bonds is 9. The summed E-state index contributed by atoms with van der Waals surface area (Å²) in [6, 6.07) is 9.59. The average Bonchev–Trinajstić information content (AvgIpc) is 3.23. The van der Waals surface area contributed by atoms with Crippen LogP contribution in [-0.4, -0.2) is 31.6 Å². The van der Waals surface area contributed by atoms with Crippen molar-refractivity contribution in [2.24, 2.45) is 5.41 Å². The number of amides is 1. The summed E-state index contributed by atoms with van der Waals surface area (Å²) in [5.74, 6) is -1.37. The smallest absolute Gasteiger partial charge is 0.334 e. The highest BCUT2D eigenvalue weighted by molar-refractivity contribution is 6.03. The molecule has 1 atom stereocenters. The third-order valence-corrected chi connectivity index (χ3v) is 5.20. The lowest BCUT2D eigenvalue weighted by atomic mass is 9.85. The molecule has 0 unspecified atom stereocenters. The maximum atomic E-state index is 13.1. The van der Waals surface area contributed by atoms with Gasteiger partial charge in [0.25, 0.3) is 0 Å². The van der Waals surface area contributed by atoms with Crippen molar-refractivity contribution in [2.45, 2.75) is 52.0 Å². The van der Waals surface area contributed by atoms with Gasteiger partial charge in [-0.2, -0.15) is 0 Å². The fourth-order valence-electron chi connectivity index (χ4n) is 3.65. The lowest BCUT2D eigenvalue weighted by Crippen LogP contribution is -2.47. The fraction of sp³-hybridized carbons (Fsp3) is 0.500. The zero-order chi connectivity index (χ0) is 21.3. The number of methoxy groups -OCH3 is 1. The van der Waals surface area contributed by atoms with Gasteiger partial charge in [-0.15, -0.1) is 0 Å². The molecule has 1 amide bonds. The van der Waals surface area contributed by atoms with E-state index in [1.807, 2.05) is 37.3 Å². The molecule has 1 saturated carbocycles. The minimum Gasteiger partial charge on any atom is -0.468 e. The Bertz CT molecular complexity index is 739. The molecule has 1 aromatic rings. The van der Waals surface area contributed by atoms with Crippen molar-refractivity contribution in [1.82, 2.24) is 10.6 Å². The summed E-state index contributed by atoms with van der Waals surface area (Å²) in [5.41, 5.74) is -0.207. The Balaban J connectivity index is 2.27. The van der Waals surface area contributed by atoms with E-state index in [-0.39, 0.29) is 18.5 Å². The van der Waals surface area contributed by atoms with Gasteiger partial charge in [0.15, 0.2) is 0 Å². The van der Waals surface area contributed by atoms with Crippen LogP contribution in [0.25, 0.3) is 0 Å². The molecule has 0 spiro atoms. The molecular weight excluding hydrogens is 372 g/mol. The Labute approximate surface area is 171 Å². The fourth-order valence-corrected chi connectivity index (χ4v) is 3.65. The molecule has 7 nitrogen and oxygen atoms in total. The molecule has 1 fully saturated rings. The van der Waals surface area contributed by atoms with Gasteiger partial charge in [-0.25, -0.2) is 4.79 Å². The first kappa shape index (κ1) is 22.5. The number of ether oxygens (including phenoxy) is 2. The standard InChI is InChI=1S/C22H30N2O5/c1-4-17(16-11-7-6-8-12-16)23-18(15-19(25)29-5-2)24-20(26)22(21(27)28-3)13-9-10-14-22/h6-8,11-12,15,17,23H,4-5,9-10,13-14H2,1-3H3,(H,24,26)/t17-/m0/s1. The number of nitrogens with one attached hydrogen (secondary N) is 2. The summed E-state index contributed by atoms with van der Waals surface area (Å²) in [5, 5.41) is 5.96. The van der Waals surface area contributed by atoms with Crippen LogP contribution in [-0.2, 0) is 23.9 Å². The van der Waals surface area contributed by atoms with Gasteiger partial charge in [0.1, 0.15) is 11.2 Å². The van der Waals surface area contributed by atoms with Crippen LogP contribution < -0.4 is 10.6 Å². The number of benzene rings is 1. The van der Waals surface area contributed by atoms with E-state index in [2.05, 4.69) is 10.6 Å². The SMILES string of the molecule is CCOC(=O)C=C(NC(=O)C1(C(=O)OC)CCCC1)N[C@@H](CC)c1ccccc1. The van der Waals surface area contributed by atoms with Crippen LogP contribution in [0.3, 0.4) is 0 Å². The van der Waals surface area contributed by atoms with E-state index in [9.17, 15) is 14.4 Å². The topological polar surface area (TPSA) is 93.7 Å². The van der Waals surface area contributed by atoms with Crippen LogP contribution in [0.5, 0.6) is 0 Å². The summed E-state index contributed by atoms with van der Waals surface area (Å²) < 4.78 is 9.90. The molecule has 158 valence electrons. The lowest BCUT2D eigenvalue weighted by molar-refractivity contribution is -0.158. The minimum atomic E-state index is -1.22. The first-order valence-corrected chi connectivity index (χ1v) is 10.1. The van der Waals surface area contributed by atoms with Gasteiger partial charge in [-0.3, -0.25) is 9.59 Å². The number of esters is 2. The number of carbonyl (C=O) groups is 3. The molecule has 0 aromatic heterocycles. The van der Waals surface area contributed by atoms with Crippen LogP contribution >= 0.6 is 0 Å². The number of carbonyl (C=O) groups excluding carboxylic acids is 3. The molecule has 7 heteroatoms. The highest BCUT2D eigenvalue weighted by Crippen LogP contribution is 2.39. The van der Waals surface area contributed by atoms with E-state index in [1.54, 1.807) is 6.92 Å². The molecule has 0 radical (unpaired) electrons. The molecule has 1 aliphatic rings. The monoisotopic (exact) mass is 402 g/mol. The highest BCUT2D eigenvalue weighted by atomic mass is 16.5. The second-order valence-corrected chi connectivity index (χ2v) is 7.06. The number of hydrogen-bond acceptors (Lipinski definition) is 6. The molecule has 0 bridgehead atoms. The largest absolute Gasteiger partial charge is 0.468 e. The number of hydrogen-bond donors (Lipinski definition) is 2. The van der Waals surface area contributed by atoms with Crippen molar-refractivity contribution in [2.75, 3.05) is 13.7 Å². The molecule has 29 heavy (non-hydrogen) atoms. The van der Waals surface area contributed by atoms with E-state index in [0.717, 1.165) is 24.8 Å². The zero-order valence-electron chi connectivity index (χ0n) is 17.3. The van der Waals surface area contributed by atoms with Crippen LogP contribution in [0.15, 0.2) is 42.2 Å². The predicted octanol–water partition coefficient (Wildman–Crippen LogP) is 2.98. The summed E-state index contributed by atoms with van der Waals surface area (Å²) in [4.78, 5) is 37.5. The molecule has 1 aromatic carbocycles. The van der Waals surface area contributed by atoms with Gasteiger partial charge in [-0.1, -0.05) is 50.1 Å². The van der Waals surface area contributed by atoms with E-state index >= 15 is 0 Å². The second-order valence-electron chi connectivity index (χ2n) is 7.06. The maximum Gasteiger partial charge on any atom is 0.334 e. The van der Waals surface area contributed by atoms with Crippen molar-refractivity contribution >= 4 is 17.8 Å². The Morgan fingerprint density at radius 1 is 1.14 bits per heavy atom.